The molecule has 1 rings (SSSR count). The zero-order valence-electron chi connectivity index (χ0n) is 11.0. The molecule has 0 amide bonds. The van der Waals surface area contributed by atoms with E-state index in [4.69, 9.17) is 22.7 Å². The molecule has 0 aliphatic heterocycles. The van der Waals surface area contributed by atoms with Crippen molar-refractivity contribution in [3.8, 4) is 0 Å². The molecule has 0 saturated heterocycles. The molecule has 0 unspecified atom stereocenters. The Kier molecular flexibility index (Phi) is 7.53. The van der Waals surface area contributed by atoms with Crippen molar-refractivity contribution in [2.75, 3.05) is 6.61 Å². The molecule has 0 aliphatic rings. The van der Waals surface area contributed by atoms with Gasteiger partial charge in [-0.25, -0.2) is 0 Å². The van der Waals surface area contributed by atoms with Gasteiger partial charge in [0.15, 0.2) is 0 Å². The van der Waals surface area contributed by atoms with Crippen LogP contribution in [-0.4, -0.2) is 16.6 Å². The summed E-state index contributed by atoms with van der Waals surface area (Å²) in [7, 11) is 0. The summed E-state index contributed by atoms with van der Waals surface area (Å²) >= 11 is 4.96. The topological polar surface area (TPSA) is 48.1 Å². The lowest BCUT2D eigenvalue weighted by Crippen LogP contribution is -2.15. The minimum atomic E-state index is 0.331. The van der Waals surface area contributed by atoms with Crippen LogP contribution in [0.25, 0.3) is 0 Å². The lowest BCUT2D eigenvalue weighted by molar-refractivity contribution is 0.116. The summed E-state index contributed by atoms with van der Waals surface area (Å²) < 4.78 is 5.64. The smallest absolute Gasteiger partial charge is 0.123 e. The van der Waals surface area contributed by atoms with Crippen molar-refractivity contribution in [1.82, 2.24) is 4.98 Å². The van der Waals surface area contributed by atoms with Gasteiger partial charge in [-0.2, -0.15) is 0 Å². The van der Waals surface area contributed by atoms with E-state index in [0.29, 0.717) is 17.3 Å². The van der Waals surface area contributed by atoms with E-state index in [1.165, 1.54) is 25.7 Å². The van der Waals surface area contributed by atoms with Crippen LogP contribution in [0.15, 0.2) is 18.3 Å². The molecule has 0 aliphatic carbocycles. The van der Waals surface area contributed by atoms with Gasteiger partial charge in [0.1, 0.15) is 10.7 Å². The molecule has 0 atom stereocenters. The highest BCUT2D eigenvalue weighted by atomic mass is 32.1. The summed E-state index contributed by atoms with van der Waals surface area (Å²) in [6, 6.07) is 3.83. The van der Waals surface area contributed by atoms with Gasteiger partial charge in [-0.1, -0.05) is 50.9 Å². The molecule has 0 aromatic carbocycles. The van der Waals surface area contributed by atoms with Crippen LogP contribution in [0.4, 0.5) is 0 Å². The normalized spacial score (nSPS) is 10.5. The zero-order valence-corrected chi connectivity index (χ0v) is 11.8. The van der Waals surface area contributed by atoms with Gasteiger partial charge < -0.3 is 10.5 Å². The third-order valence-corrected chi connectivity index (χ3v) is 2.97. The van der Waals surface area contributed by atoms with Crippen LogP contribution >= 0.6 is 12.2 Å². The second-order valence-corrected chi connectivity index (χ2v) is 4.78. The summed E-state index contributed by atoms with van der Waals surface area (Å²) in [6.45, 7) is 3.54. The average Bonchev–Trinajstić information content (AvgIpc) is 2.38. The highest BCUT2D eigenvalue weighted by Crippen LogP contribution is 2.08. The van der Waals surface area contributed by atoms with E-state index in [0.717, 1.165) is 18.6 Å². The molecule has 4 heteroatoms. The molecule has 18 heavy (non-hydrogen) atoms. The first-order valence-electron chi connectivity index (χ1n) is 6.57. The lowest BCUT2D eigenvalue weighted by Gasteiger charge is -2.08. The lowest BCUT2D eigenvalue weighted by atomic mass is 10.2. The Bertz CT molecular complexity index is 369. The Balaban J connectivity index is 2.25. The first-order chi connectivity index (χ1) is 8.75. The second-order valence-electron chi connectivity index (χ2n) is 4.34. The van der Waals surface area contributed by atoms with Gasteiger partial charge in [0, 0.05) is 18.4 Å². The van der Waals surface area contributed by atoms with Crippen LogP contribution < -0.4 is 5.73 Å². The van der Waals surface area contributed by atoms with Crippen LogP contribution in [0.5, 0.6) is 0 Å². The van der Waals surface area contributed by atoms with Crippen molar-refractivity contribution < 1.29 is 4.74 Å². The number of nitrogens with zero attached hydrogens (tertiary/aromatic N) is 1. The third kappa shape index (κ3) is 5.56. The number of pyridine rings is 1. The molecule has 0 fully saturated rings. The maximum atomic E-state index is 5.64. The predicted octanol–water partition coefficient (Wildman–Crippen LogP) is 3.20. The summed E-state index contributed by atoms with van der Waals surface area (Å²) in [4.78, 5) is 4.50. The van der Waals surface area contributed by atoms with Gasteiger partial charge >= 0.3 is 0 Å². The molecular weight excluding hydrogens is 244 g/mol. The highest BCUT2D eigenvalue weighted by molar-refractivity contribution is 7.80. The minimum Gasteiger partial charge on any atom is -0.388 e. The Hall–Kier alpha value is -1.00. The number of ether oxygens (including phenoxy) is 1. The van der Waals surface area contributed by atoms with Crippen LogP contribution in [-0.2, 0) is 11.3 Å². The first kappa shape index (κ1) is 15.1. The number of hydrogen-bond acceptors (Lipinski definition) is 3. The van der Waals surface area contributed by atoms with E-state index in [1.54, 1.807) is 6.20 Å². The van der Waals surface area contributed by atoms with E-state index < -0.39 is 0 Å². The Labute approximate surface area is 115 Å². The van der Waals surface area contributed by atoms with Gasteiger partial charge in [-0.15, -0.1) is 0 Å². The molecule has 1 aromatic heterocycles. The van der Waals surface area contributed by atoms with Gasteiger partial charge in [0.25, 0.3) is 0 Å². The quantitative estimate of drug-likeness (QED) is 0.551. The van der Waals surface area contributed by atoms with Gasteiger partial charge in [-0.05, 0) is 12.5 Å². The fourth-order valence-corrected chi connectivity index (χ4v) is 1.95. The van der Waals surface area contributed by atoms with E-state index in [9.17, 15) is 0 Å². The van der Waals surface area contributed by atoms with Crippen LogP contribution in [0.3, 0.4) is 0 Å². The number of rotatable bonds is 9. The van der Waals surface area contributed by atoms with Gasteiger partial charge in [-0.3, -0.25) is 4.98 Å². The van der Waals surface area contributed by atoms with Gasteiger partial charge in [0.2, 0.25) is 0 Å². The number of thiocarbonyl (C=S) groups is 1. The molecule has 0 saturated carbocycles. The zero-order chi connectivity index (χ0) is 13.2. The van der Waals surface area contributed by atoms with Crippen LogP contribution in [0.2, 0.25) is 0 Å². The van der Waals surface area contributed by atoms with Crippen molar-refractivity contribution in [1.29, 1.82) is 0 Å². The van der Waals surface area contributed by atoms with Crippen LogP contribution in [0, 0.1) is 0 Å². The van der Waals surface area contributed by atoms with E-state index in [1.807, 2.05) is 12.1 Å². The van der Waals surface area contributed by atoms with E-state index >= 15 is 0 Å². The molecule has 1 aromatic rings. The average molecular weight is 266 g/mol. The molecule has 0 spiro atoms. The van der Waals surface area contributed by atoms with Crippen molar-refractivity contribution in [2.45, 2.75) is 45.6 Å². The Morgan fingerprint density at radius 3 is 2.83 bits per heavy atom. The van der Waals surface area contributed by atoms with E-state index in [-0.39, 0.29) is 0 Å². The number of hydrogen-bond donors (Lipinski definition) is 1. The number of aromatic nitrogens is 1. The monoisotopic (exact) mass is 266 g/mol. The number of unbranched alkanes of at least 4 members (excludes halogenated alkanes) is 4. The summed E-state index contributed by atoms with van der Waals surface area (Å²) in [5, 5.41) is 0. The first-order valence-corrected chi connectivity index (χ1v) is 6.98. The fourth-order valence-electron chi connectivity index (χ4n) is 1.77. The molecule has 0 bridgehead atoms. The summed E-state index contributed by atoms with van der Waals surface area (Å²) in [5.41, 5.74) is 7.26. The fraction of sp³-hybridized carbons (Fsp3) is 0.571. The van der Waals surface area contributed by atoms with Crippen molar-refractivity contribution >= 4 is 17.2 Å². The second kappa shape index (κ2) is 9.00. The van der Waals surface area contributed by atoms with E-state index in [2.05, 4.69) is 11.9 Å². The summed E-state index contributed by atoms with van der Waals surface area (Å²) in [5.74, 6) is 0. The van der Waals surface area contributed by atoms with Crippen molar-refractivity contribution in [2.24, 2.45) is 5.73 Å². The Morgan fingerprint density at radius 1 is 1.33 bits per heavy atom. The SMILES string of the molecule is CCCCCCCOCc1cccnc1C(N)=S. The molecule has 3 nitrogen and oxygen atoms in total. The molecule has 2 N–H and O–H groups in total. The van der Waals surface area contributed by atoms with Gasteiger partial charge in [0.05, 0.1) is 6.61 Å². The molecule has 100 valence electrons. The minimum absolute atomic E-state index is 0.331. The maximum Gasteiger partial charge on any atom is 0.123 e. The largest absolute Gasteiger partial charge is 0.388 e. The van der Waals surface area contributed by atoms with Crippen molar-refractivity contribution in [3.05, 3.63) is 29.6 Å². The maximum absolute atomic E-state index is 5.64. The third-order valence-electron chi connectivity index (χ3n) is 2.77. The summed E-state index contributed by atoms with van der Waals surface area (Å²) in [6.07, 6.45) is 7.93. The Morgan fingerprint density at radius 2 is 2.11 bits per heavy atom. The van der Waals surface area contributed by atoms with Crippen LogP contribution in [0.1, 0.15) is 50.3 Å². The molecule has 0 radical (unpaired) electrons. The molecular formula is C14H22N2OS. The predicted molar refractivity (Wildman–Crippen MR) is 78.5 cm³/mol. The van der Waals surface area contributed by atoms with Crippen molar-refractivity contribution in [3.63, 3.8) is 0 Å². The highest BCUT2D eigenvalue weighted by Gasteiger charge is 2.05. The standard InChI is InChI=1S/C14H22N2OS/c1-2-3-4-5-6-10-17-11-12-8-7-9-16-13(12)14(15)18/h7-9H,2-6,10-11H2,1H3,(H2,15,18). The molecule has 1 heterocycles. The number of nitrogens with two attached hydrogens (primary N) is 1.